The minimum atomic E-state index is -0.304. The van der Waals surface area contributed by atoms with Gasteiger partial charge in [0.2, 0.25) is 0 Å². The number of carbonyl (C=O) groups excluding carboxylic acids is 1. The van der Waals surface area contributed by atoms with Gasteiger partial charge in [-0.25, -0.2) is 4.39 Å². The molecule has 1 heterocycles. The number of benzene rings is 2. The monoisotopic (exact) mass is 528 g/mol. The van der Waals surface area contributed by atoms with Crippen LogP contribution in [-0.4, -0.2) is 46.2 Å². The molecule has 1 aliphatic heterocycles. The molecule has 212 valence electrons. The minimum Gasteiger partial charge on any atom is -0.494 e. The van der Waals surface area contributed by atoms with Crippen LogP contribution in [0.1, 0.15) is 88.7 Å². The number of piperidine rings is 1. The van der Waals surface area contributed by atoms with Crippen LogP contribution in [0.4, 0.5) is 4.39 Å². The molecule has 4 rings (SSSR count). The van der Waals surface area contributed by atoms with E-state index in [-0.39, 0.29) is 12.4 Å². The molecule has 0 radical (unpaired) electrons. The van der Waals surface area contributed by atoms with Gasteiger partial charge in [0.1, 0.15) is 12.4 Å². The van der Waals surface area contributed by atoms with Crippen molar-refractivity contribution < 1.29 is 18.7 Å². The average molecular weight is 529 g/mol. The van der Waals surface area contributed by atoms with Crippen molar-refractivity contribution in [3.8, 4) is 11.5 Å². The van der Waals surface area contributed by atoms with E-state index in [1.54, 1.807) is 12.1 Å². The predicted molar refractivity (Wildman–Crippen MR) is 155 cm³/mol. The number of rotatable bonds is 9. The fourth-order valence-electron chi connectivity index (χ4n) is 5.16. The number of aldehydes is 1. The molecule has 38 heavy (non-hydrogen) atoms. The predicted octanol–water partition coefficient (Wildman–Crippen LogP) is 6.86. The summed E-state index contributed by atoms with van der Waals surface area (Å²) in [4.78, 5) is 10.2. The Kier molecular flexibility index (Phi) is 15.0. The topological polar surface area (TPSA) is 59.6 Å². The Morgan fingerprint density at radius 2 is 1.79 bits per heavy atom. The average Bonchev–Trinajstić information content (AvgIpc) is 3.42. The van der Waals surface area contributed by atoms with Gasteiger partial charge in [-0.05, 0) is 105 Å². The second-order valence-corrected chi connectivity index (χ2v) is 10.6. The van der Waals surface area contributed by atoms with Gasteiger partial charge in [-0.2, -0.15) is 0 Å². The minimum absolute atomic E-state index is 0.140. The number of hydrogen-bond acceptors (Lipinski definition) is 5. The lowest BCUT2D eigenvalue weighted by molar-refractivity contribution is -0.109. The van der Waals surface area contributed by atoms with E-state index in [0.717, 1.165) is 35.5 Å². The highest BCUT2D eigenvalue weighted by molar-refractivity contribution is 5.51. The Bertz CT molecular complexity index is 913. The molecule has 2 aromatic carbocycles. The Hall–Kier alpha value is -2.44. The molecule has 1 aliphatic carbocycles. The molecule has 2 aliphatic rings. The maximum absolute atomic E-state index is 12.9. The molecule has 2 unspecified atom stereocenters. The molecule has 1 saturated heterocycles. The first-order valence-corrected chi connectivity index (χ1v) is 14.3. The summed E-state index contributed by atoms with van der Waals surface area (Å²) in [7, 11) is 3.51. The van der Waals surface area contributed by atoms with Crippen molar-refractivity contribution in [2.24, 2.45) is 5.92 Å². The van der Waals surface area contributed by atoms with Gasteiger partial charge in [0.05, 0.1) is 7.11 Å². The zero-order valence-corrected chi connectivity index (χ0v) is 24.1. The molecular weight excluding hydrogens is 479 g/mol. The molecular formula is C32H49FN2O3. The van der Waals surface area contributed by atoms with E-state index in [1.165, 1.54) is 76.8 Å². The molecule has 2 atom stereocenters. The largest absolute Gasteiger partial charge is 0.494 e. The Balaban J connectivity index is 0.000000218. The van der Waals surface area contributed by atoms with Crippen LogP contribution in [0.5, 0.6) is 11.5 Å². The lowest BCUT2D eigenvalue weighted by atomic mass is 9.95. The lowest BCUT2D eigenvalue weighted by Gasteiger charge is -2.21. The maximum atomic E-state index is 12.9. The highest BCUT2D eigenvalue weighted by atomic mass is 19.1. The number of nitrogens with one attached hydrogen (secondary N) is 2. The molecule has 0 amide bonds. The van der Waals surface area contributed by atoms with E-state index in [0.29, 0.717) is 11.7 Å². The molecule has 0 aromatic heterocycles. The summed E-state index contributed by atoms with van der Waals surface area (Å²) in [5.74, 6) is 2.85. The third-order valence-corrected chi connectivity index (χ3v) is 7.50. The van der Waals surface area contributed by atoms with Gasteiger partial charge in [0.25, 0.3) is 0 Å². The second kappa shape index (κ2) is 18.0. The lowest BCUT2D eigenvalue weighted by Crippen LogP contribution is -2.37. The van der Waals surface area contributed by atoms with Crippen LogP contribution in [0.3, 0.4) is 0 Å². The van der Waals surface area contributed by atoms with Gasteiger partial charge in [0, 0.05) is 6.04 Å². The first-order valence-electron chi connectivity index (χ1n) is 14.3. The summed E-state index contributed by atoms with van der Waals surface area (Å²) >= 11 is 0. The first kappa shape index (κ1) is 31.8. The number of ether oxygens (including phenoxy) is 2. The molecule has 2 fully saturated rings. The van der Waals surface area contributed by atoms with Crippen molar-refractivity contribution in [1.29, 1.82) is 0 Å². The summed E-state index contributed by atoms with van der Waals surface area (Å²) < 4.78 is 23.0. The van der Waals surface area contributed by atoms with Crippen LogP contribution in [0.15, 0.2) is 42.5 Å². The van der Waals surface area contributed by atoms with E-state index in [9.17, 15) is 9.18 Å². The summed E-state index contributed by atoms with van der Waals surface area (Å²) in [5, 5.41) is 6.57. The van der Waals surface area contributed by atoms with Crippen molar-refractivity contribution in [3.05, 3.63) is 59.4 Å². The van der Waals surface area contributed by atoms with Crippen molar-refractivity contribution in [1.82, 2.24) is 10.6 Å². The summed E-state index contributed by atoms with van der Waals surface area (Å²) in [6, 6.07) is 14.0. The molecule has 2 aromatic rings. The third kappa shape index (κ3) is 11.1. The van der Waals surface area contributed by atoms with Crippen molar-refractivity contribution >= 4 is 6.29 Å². The standard InChI is InChI=1S/C16H22O2.C10H13FO.C6H14N2/c1-2-3-13-4-5-15(12-13)14-6-8-16(9-7-14)18-11-10-17;1-7(2)8-4-5-9(11)10(6-8)12-3;1-7-6-2-4-8-5-3-6/h6-10,13,15H,2-5,11-12H2,1H3;4-7H,1-3H3;6-8H,2-5H2,1H3. The maximum Gasteiger partial charge on any atom is 0.165 e. The van der Waals surface area contributed by atoms with Gasteiger partial charge in [0.15, 0.2) is 17.9 Å². The highest BCUT2D eigenvalue weighted by Gasteiger charge is 2.25. The second-order valence-electron chi connectivity index (χ2n) is 10.6. The van der Waals surface area contributed by atoms with Gasteiger partial charge >= 0.3 is 0 Å². The van der Waals surface area contributed by atoms with Gasteiger partial charge in [-0.15, -0.1) is 0 Å². The molecule has 2 N–H and O–H groups in total. The number of halogens is 1. The molecule has 0 spiro atoms. The summed E-state index contributed by atoms with van der Waals surface area (Å²) in [6.45, 7) is 8.91. The Morgan fingerprint density at radius 1 is 1.08 bits per heavy atom. The Labute approximate surface area is 229 Å². The van der Waals surface area contributed by atoms with E-state index < -0.39 is 0 Å². The zero-order chi connectivity index (χ0) is 27.8. The summed E-state index contributed by atoms with van der Waals surface area (Å²) in [5.41, 5.74) is 2.51. The fourth-order valence-corrected chi connectivity index (χ4v) is 5.16. The molecule has 1 saturated carbocycles. The zero-order valence-electron chi connectivity index (χ0n) is 24.1. The van der Waals surface area contributed by atoms with Crippen LogP contribution < -0.4 is 20.1 Å². The van der Waals surface area contributed by atoms with Gasteiger partial charge in [-0.1, -0.05) is 51.8 Å². The fraction of sp³-hybridized carbons (Fsp3) is 0.594. The molecule has 6 heteroatoms. The van der Waals surface area contributed by atoms with Crippen molar-refractivity contribution in [2.75, 3.05) is 33.9 Å². The number of hydrogen-bond donors (Lipinski definition) is 2. The smallest absolute Gasteiger partial charge is 0.165 e. The number of carbonyl (C=O) groups is 1. The Morgan fingerprint density at radius 3 is 2.34 bits per heavy atom. The van der Waals surface area contributed by atoms with E-state index in [1.807, 2.05) is 19.2 Å². The quantitative estimate of drug-likeness (QED) is 0.348. The van der Waals surface area contributed by atoms with E-state index in [2.05, 4.69) is 43.5 Å². The van der Waals surface area contributed by atoms with Gasteiger partial charge < -0.3 is 20.1 Å². The SMILES string of the molecule is CCCC1CCC(c2ccc(OCC=O)cc2)C1.CNC1CCNCC1.COc1cc(C(C)C)ccc1F. The van der Waals surface area contributed by atoms with Crippen LogP contribution in [0.2, 0.25) is 0 Å². The van der Waals surface area contributed by atoms with Crippen molar-refractivity contribution in [2.45, 2.75) is 83.6 Å². The van der Waals surface area contributed by atoms with Gasteiger partial charge in [-0.3, -0.25) is 4.79 Å². The highest BCUT2D eigenvalue weighted by Crippen LogP contribution is 2.40. The van der Waals surface area contributed by atoms with Crippen molar-refractivity contribution in [3.63, 3.8) is 0 Å². The summed E-state index contributed by atoms with van der Waals surface area (Å²) in [6.07, 6.45) is 10.1. The van der Waals surface area contributed by atoms with Crippen LogP contribution in [-0.2, 0) is 4.79 Å². The van der Waals surface area contributed by atoms with Crippen LogP contribution >= 0.6 is 0 Å². The van der Waals surface area contributed by atoms with Crippen LogP contribution in [0.25, 0.3) is 0 Å². The number of methoxy groups -OCH3 is 1. The normalized spacial score (nSPS) is 19.1. The van der Waals surface area contributed by atoms with Crippen LogP contribution in [0, 0.1) is 11.7 Å². The first-order chi connectivity index (χ1) is 18.4. The third-order valence-electron chi connectivity index (χ3n) is 7.50. The molecule has 0 bridgehead atoms. The van der Waals surface area contributed by atoms with E-state index >= 15 is 0 Å². The molecule has 5 nitrogen and oxygen atoms in total. The van der Waals surface area contributed by atoms with E-state index in [4.69, 9.17) is 9.47 Å².